The molecule has 1 saturated heterocycles. The average molecular weight is 511 g/mol. The minimum absolute atomic E-state index is 0.304. The lowest BCUT2D eigenvalue weighted by Crippen LogP contribution is -2.45. The lowest BCUT2D eigenvalue weighted by Gasteiger charge is -2.34. The number of hydrogen-bond acceptors (Lipinski definition) is 4. The lowest BCUT2D eigenvalue weighted by molar-refractivity contribution is -0.137. The molecule has 0 bridgehead atoms. The zero-order valence-electron chi connectivity index (χ0n) is 21.9. The van der Waals surface area contributed by atoms with Gasteiger partial charge in [-0.1, -0.05) is 42.5 Å². The van der Waals surface area contributed by atoms with Gasteiger partial charge in [0.1, 0.15) is 5.82 Å². The second-order valence-electron chi connectivity index (χ2n) is 10.2. The summed E-state index contributed by atoms with van der Waals surface area (Å²) >= 11 is 0. The van der Waals surface area contributed by atoms with Crippen LogP contribution < -0.4 is 9.80 Å². The molecule has 2 aromatic carbocycles. The van der Waals surface area contributed by atoms with E-state index in [1.54, 1.807) is 33.2 Å². The highest BCUT2D eigenvalue weighted by Gasteiger charge is 2.37. The van der Waals surface area contributed by atoms with Gasteiger partial charge in [0.25, 0.3) is 0 Å². The molecule has 1 amide bonds. The van der Waals surface area contributed by atoms with Gasteiger partial charge >= 0.3 is 6.18 Å². The number of halogens is 3. The van der Waals surface area contributed by atoms with E-state index in [0.717, 1.165) is 60.8 Å². The fourth-order valence-corrected chi connectivity index (χ4v) is 4.74. The van der Waals surface area contributed by atoms with E-state index >= 15 is 0 Å². The number of rotatable bonds is 5. The molecule has 4 rings (SSSR count). The summed E-state index contributed by atoms with van der Waals surface area (Å²) in [5.41, 5.74) is 1.83. The van der Waals surface area contributed by atoms with Crippen molar-refractivity contribution in [2.24, 2.45) is 0 Å². The molecular formula is C29H33F3N4O. The molecule has 3 aromatic rings. The van der Waals surface area contributed by atoms with Crippen molar-refractivity contribution in [2.75, 3.05) is 50.1 Å². The fraction of sp³-hybridized carbons (Fsp3) is 0.379. The van der Waals surface area contributed by atoms with E-state index < -0.39 is 17.2 Å². The minimum atomic E-state index is -4.48. The molecule has 1 fully saturated rings. The Bertz CT molecular complexity index is 1280. The minimum Gasteiger partial charge on any atom is -0.354 e. The van der Waals surface area contributed by atoms with Crippen molar-refractivity contribution in [3.05, 3.63) is 77.5 Å². The summed E-state index contributed by atoms with van der Waals surface area (Å²) in [7, 11) is 3.76. The lowest BCUT2D eigenvalue weighted by atomic mass is 9.82. The molecule has 0 saturated carbocycles. The Kier molecular flexibility index (Phi) is 7.33. The molecule has 8 heteroatoms. The molecule has 0 N–H and O–H groups in total. The van der Waals surface area contributed by atoms with Crippen LogP contribution in [0, 0.1) is 6.92 Å². The molecule has 1 aromatic heterocycles. The highest BCUT2D eigenvalue weighted by atomic mass is 19.4. The smallest absolute Gasteiger partial charge is 0.354 e. The molecule has 37 heavy (non-hydrogen) atoms. The van der Waals surface area contributed by atoms with Gasteiger partial charge < -0.3 is 14.7 Å². The summed E-state index contributed by atoms with van der Waals surface area (Å²) in [6, 6.07) is 15.0. The number of benzene rings is 2. The molecule has 0 atom stereocenters. The van der Waals surface area contributed by atoms with Crippen LogP contribution in [0.1, 0.15) is 30.5 Å². The Morgan fingerprint density at radius 1 is 0.919 bits per heavy atom. The number of nitrogens with zero attached hydrogens (tertiary/aromatic N) is 4. The monoisotopic (exact) mass is 510 g/mol. The highest BCUT2D eigenvalue weighted by Crippen LogP contribution is 2.38. The SMILES string of the molecule is Cc1ccccc1-c1cc(N2CCN(C)CC2)ncc1N(C)C(=O)C(C)(C)c1cccc(C(F)(F)F)c1. The Hall–Kier alpha value is -3.39. The van der Waals surface area contributed by atoms with Gasteiger partial charge in [0.2, 0.25) is 5.91 Å². The zero-order valence-corrected chi connectivity index (χ0v) is 21.9. The van der Waals surface area contributed by atoms with Gasteiger partial charge in [-0.15, -0.1) is 0 Å². The number of piperazine rings is 1. The van der Waals surface area contributed by atoms with Crippen LogP contribution in [0.5, 0.6) is 0 Å². The Morgan fingerprint density at radius 3 is 2.22 bits per heavy atom. The topological polar surface area (TPSA) is 39.7 Å². The van der Waals surface area contributed by atoms with Crippen molar-refractivity contribution >= 4 is 17.4 Å². The number of aromatic nitrogens is 1. The van der Waals surface area contributed by atoms with Crippen molar-refractivity contribution in [3.8, 4) is 11.1 Å². The maximum atomic E-state index is 13.8. The van der Waals surface area contributed by atoms with Gasteiger partial charge in [-0.25, -0.2) is 4.98 Å². The Balaban J connectivity index is 1.74. The highest BCUT2D eigenvalue weighted by molar-refractivity contribution is 6.03. The molecular weight excluding hydrogens is 477 g/mol. The molecule has 0 spiro atoms. The molecule has 2 heterocycles. The van der Waals surface area contributed by atoms with Crippen molar-refractivity contribution < 1.29 is 18.0 Å². The molecule has 5 nitrogen and oxygen atoms in total. The molecule has 196 valence electrons. The van der Waals surface area contributed by atoms with Crippen LogP contribution in [-0.4, -0.2) is 56.1 Å². The van der Waals surface area contributed by atoms with Crippen molar-refractivity contribution in [3.63, 3.8) is 0 Å². The van der Waals surface area contributed by atoms with Crippen LogP contribution in [0.4, 0.5) is 24.7 Å². The third-order valence-electron chi connectivity index (χ3n) is 7.24. The summed E-state index contributed by atoms with van der Waals surface area (Å²) in [5.74, 6) is 0.517. The maximum Gasteiger partial charge on any atom is 0.416 e. The third kappa shape index (κ3) is 5.49. The first-order valence-corrected chi connectivity index (χ1v) is 12.3. The van der Waals surface area contributed by atoms with E-state index in [1.807, 2.05) is 37.3 Å². The number of carbonyl (C=O) groups is 1. The molecule has 0 radical (unpaired) electrons. The Labute approximate surface area is 216 Å². The van der Waals surface area contributed by atoms with E-state index in [-0.39, 0.29) is 5.91 Å². The van der Waals surface area contributed by atoms with E-state index in [9.17, 15) is 18.0 Å². The quantitative estimate of drug-likeness (QED) is 0.437. The summed E-state index contributed by atoms with van der Waals surface area (Å²) < 4.78 is 40.1. The number of aryl methyl sites for hydroxylation is 1. The predicted molar refractivity (Wildman–Crippen MR) is 142 cm³/mol. The number of likely N-dealkylation sites (N-methyl/N-ethyl adjacent to an activating group) is 2. The van der Waals surface area contributed by atoms with Gasteiger partial charge in [0.15, 0.2) is 0 Å². The first-order chi connectivity index (χ1) is 17.4. The second-order valence-corrected chi connectivity index (χ2v) is 10.2. The first-order valence-electron chi connectivity index (χ1n) is 12.3. The van der Waals surface area contributed by atoms with Crippen LogP contribution in [0.3, 0.4) is 0 Å². The fourth-order valence-electron chi connectivity index (χ4n) is 4.74. The number of pyridine rings is 1. The van der Waals surface area contributed by atoms with Crippen LogP contribution in [0.25, 0.3) is 11.1 Å². The van der Waals surface area contributed by atoms with Crippen molar-refractivity contribution in [1.29, 1.82) is 0 Å². The van der Waals surface area contributed by atoms with Crippen molar-refractivity contribution in [2.45, 2.75) is 32.4 Å². The average Bonchev–Trinajstić information content (AvgIpc) is 2.88. The summed E-state index contributed by atoms with van der Waals surface area (Å²) in [5, 5.41) is 0. The Morgan fingerprint density at radius 2 is 1.57 bits per heavy atom. The third-order valence-corrected chi connectivity index (χ3v) is 7.24. The largest absolute Gasteiger partial charge is 0.416 e. The summed E-state index contributed by atoms with van der Waals surface area (Å²) in [6.45, 7) is 8.91. The number of alkyl halides is 3. The number of amides is 1. The van der Waals surface area contributed by atoms with Crippen LogP contribution >= 0.6 is 0 Å². The van der Waals surface area contributed by atoms with Gasteiger partial charge in [-0.3, -0.25) is 4.79 Å². The van der Waals surface area contributed by atoms with E-state index in [4.69, 9.17) is 4.98 Å². The van der Waals surface area contributed by atoms with Gasteiger partial charge in [-0.2, -0.15) is 13.2 Å². The van der Waals surface area contributed by atoms with Gasteiger partial charge in [-0.05, 0) is 56.6 Å². The molecule has 0 unspecified atom stereocenters. The summed E-state index contributed by atoms with van der Waals surface area (Å²) in [6.07, 6.45) is -2.78. The van der Waals surface area contributed by atoms with Gasteiger partial charge in [0.05, 0.1) is 22.9 Å². The van der Waals surface area contributed by atoms with E-state index in [0.29, 0.717) is 11.3 Å². The number of anilines is 2. The van der Waals surface area contributed by atoms with Crippen LogP contribution in [0.15, 0.2) is 60.8 Å². The zero-order chi connectivity index (χ0) is 27.0. The van der Waals surface area contributed by atoms with Gasteiger partial charge in [0, 0.05) is 38.8 Å². The number of hydrogen-bond donors (Lipinski definition) is 0. The first kappa shape index (κ1) is 26.7. The molecule has 0 aliphatic carbocycles. The second kappa shape index (κ2) is 10.2. The van der Waals surface area contributed by atoms with E-state index in [1.165, 1.54) is 11.0 Å². The van der Waals surface area contributed by atoms with E-state index in [2.05, 4.69) is 16.8 Å². The summed E-state index contributed by atoms with van der Waals surface area (Å²) in [4.78, 5) is 24.6. The predicted octanol–water partition coefficient (Wildman–Crippen LogP) is 5.77. The molecule has 1 aliphatic heterocycles. The van der Waals surface area contributed by atoms with Crippen molar-refractivity contribution in [1.82, 2.24) is 9.88 Å². The van der Waals surface area contributed by atoms with Crippen LogP contribution in [0.2, 0.25) is 0 Å². The number of carbonyl (C=O) groups excluding carboxylic acids is 1. The van der Waals surface area contributed by atoms with Crippen LogP contribution in [-0.2, 0) is 16.4 Å². The normalized spacial score (nSPS) is 15.1. The maximum absolute atomic E-state index is 13.8. The molecule has 1 aliphatic rings. The standard InChI is InChI=1S/C29H33F3N4O/c1-20-9-6-7-12-23(20)24-18-26(36-15-13-34(4)14-16-36)33-19-25(24)35(5)27(37)28(2,3)21-10-8-11-22(17-21)29(30,31)32/h6-12,17-19H,13-16H2,1-5H3.